The molecule has 29 heavy (non-hydrogen) atoms. The molecule has 0 bridgehead atoms. The number of nitrogens with two attached hydrogens (primary N) is 1. The monoisotopic (exact) mass is 388 g/mol. The smallest absolute Gasteiger partial charge is 0.340 e. The van der Waals surface area contributed by atoms with Crippen molar-refractivity contribution in [1.82, 2.24) is 30.1 Å². The lowest BCUT2D eigenvalue weighted by molar-refractivity contribution is 0.891. The largest absolute Gasteiger partial charge is 0.384 e. The average molecular weight is 388 g/mol. The lowest BCUT2D eigenvalue weighted by Crippen LogP contribution is -2.10. The van der Waals surface area contributed by atoms with Crippen molar-refractivity contribution >= 4 is 11.8 Å². The van der Waals surface area contributed by atoms with Gasteiger partial charge in [-0.1, -0.05) is 29.8 Å². The van der Waals surface area contributed by atoms with E-state index in [9.17, 15) is 4.79 Å². The van der Waals surface area contributed by atoms with Crippen molar-refractivity contribution in [3.05, 3.63) is 70.7 Å². The molecule has 4 rings (SSSR count). The first-order chi connectivity index (χ1) is 14.1. The minimum Gasteiger partial charge on any atom is -0.384 e. The van der Waals surface area contributed by atoms with Crippen LogP contribution in [-0.4, -0.2) is 36.7 Å². The molecule has 3 heterocycles. The highest BCUT2D eigenvalue weighted by Crippen LogP contribution is 2.30. The molecule has 0 saturated heterocycles. The summed E-state index contributed by atoms with van der Waals surface area (Å²) in [6.07, 6.45) is 4.02. The Balaban J connectivity index is 1.64. The second-order valence-electron chi connectivity index (χ2n) is 6.59. The van der Waals surface area contributed by atoms with Crippen LogP contribution in [0, 0.1) is 6.92 Å². The second kappa shape index (κ2) is 7.93. The van der Waals surface area contributed by atoms with E-state index in [1.807, 2.05) is 37.3 Å². The molecule has 0 amide bonds. The maximum atomic E-state index is 11.1. The molecule has 146 valence electrons. The standard InChI is InChI=1S/C20H20N8O/c1-12-2-4-13(5-3-12)18-15(14-6-7-16(21)23-10-14)11-24-19(26-18)22-9-8-17-25-20(29)28-27-17/h2-7,10-11H,8-9H2,1H3,(H2,21,23)(H,22,24,26)(H2,25,27,28,29). The maximum absolute atomic E-state index is 11.1. The molecule has 9 heteroatoms. The van der Waals surface area contributed by atoms with Crippen LogP contribution in [0.5, 0.6) is 0 Å². The number of pyridine rings is 1. The Morgan fingerprint density at radius 3 is 2.52 bits per heavy atom. The van der Waals surface area contributed by atoms with Crippen molar-refractivity contribution in [2.75, 3.05) is 17.6 Å². The molecule has 0 radical (unpaired) electrons. The van der Waals surface area contributed by atoms with Gasteiger partial charge in [-0.2, -0.15) is 5.10 Å². The van der Waals surface area contributed by atoms with Gasteiger partial charge < -0.3 is 11.1 Å². The third kappa shape index (κ3) is 4.29. The molecule has 0 unspecified atom stereocenters. The number of nitrogens with zero attached hydrogens (tertiary/aromatic N) is 4. The Hall–Kier alpha value is -4.01. The highest BCUT2D eigenvalue weighted by molar-refractivity contribution is 5.80. The van der Waals surface area contributed by atoms with Gasteiger partial charge in [-0.05, 0) is 19.1 Å². The van der Waals surface area contributed by atoms with Crippen LogP contribution in [0.3, 0.4) is 0 Å². The minimum absolute atomic E-state index is 0.320. The van der Waals surface area contributed by atoms with Crippen LogP contribution < -0.4 is 16.7 Å². The molecule has 0 aliphatic rings. The van der Waals surface area contributed by atoms with E-state index < -0.39 is 0 Å². The lowest BCUT2D eigenvalue weighted by atomic mass is 10.0. The van der Waals surface area contributed by atoms with Gasteiger partial charge in [0.25, 0.3) is 0 Å². The van der Waals surface area contributed by atoms with Crippen LogP contribution in [0.1, 0.15) is 11.4 Å². The topological polar surface area (TPSA) is 138 Å². The summed E-state index contributed by atoms with van der Waals surface area (Å²) in [7, 11) is 0. The van der Waals surface area contributed by atoms with Gasteiger partial charge in [0.15, 0.2) is 0 Å². The predicted molar refractivity (Wildman–Crippen MR) is 111 cm³/mol. The molecule has 1 aromatic carbocycles. The van der Waals surface area contributed by atoms with Crippen molar-refractivity contribution in [3.8, 4) is 22.4 Å². The van der Waals surface area contributed by atoms with Crippen LogP contribution in [0.15, 0.2) is 53.6 Å². The molecule has 4 aromatic rings. The number of anilines is 2. The van der Waals surface area contributed by atoms with E-state index >= 15 is 0 Å². The Bertz CT molecular complexity index is 1160. The number of aryl methyl sites for hydroxylation is 1. The summed E-state index contributed by atoms with van der Waals surface area (Å²) in [6, 6.07) is 11.8. The summed E-state index contributed by atoms with van der Waals surface area (Å²) < 4.78 is 0. The van der Waals surface area contributed by atoms with Crippen molar-refractivity contribution in [3.63, 3.8) is 0 Å². The maximum Gasteiger partial charge on any atom is 0.340 e. The number of hydrogen-bond donors (Lipinski definition) is 4. The Morgan fingerprint density at radius 1 is 1.03 bits per heavy atom. The molecule has 0 atom stereocenters. The van der Waals surface area contributed by atoms with Crippen LogP contribution in [-0.2, 0) is 6.42 Å². The van der Waals surface area contributed by atoms with Crippen LogP contribution in [0.4, 0.5) is 11.8 Å². The zero-order chi connectivity index (χ0) is 20.2. The zero-order valence-corrected chi connectivity index (χ0v) is 15.8. The number of hydrogen-bond acceptors (Lipinski definition) is 7. The molecule has 5 N–H and O–H groups in total. The quantitative estimate of drug-likeness (QED) is 0.397. The summed E-state index contributed by atoms with van der Waals surface area (Å²) in [5, 5.41) is 9.42. The molecule has 0 aliphatic carbocycles. The molecular weight excluding hydrogens is 368 g/mol. The number of aromatic nitrogens is 6. The summed E-state index contributed by atoms with van der Waals surface area (Å²) in [4.78, 5) is 27.1. The van der Waals surface area contributed by atoms with E-state index in [1.54, 1.807) is 18.5 Å². The van der Waals surface area contributed by atoms with Gasteiger partial charge in [0.2, 0.25) is 5.95 Å². The second-order valence-corrected chi connectivity index (χ2v) is 6.59. The first-order valence-corrected chi connectivity index (χ1v) is 9.12. The fraction of sp³-hybridized carbons (Fsp3) is 0.150. The van der Waals surface area contributed by atoms with Gasteiger partial charge >= 0.3 is 5.69 Å². The van der Waals surface area contributed by atoms with E-state index in [-0.39, 0.29) is 5.69 Å². The fourth-order valence-corrected chi connectivity index (χ4v) is 2.89. The summed E-state index contributed by atoms with van der Waals surface area (Å²) in [5.74, 6) is 1.53. The first kappa shape index (κ1) is 18.4. The number of nitrogens with one attached hydrogen (secondary N) is 3. The number of H-pyrrole nitrogens is 2. The molecule has 9 nitrogen and oxygen atoms in total. The van der Waals surface area contributed by atoms with Crippen molar-refractivity contribution in [2.45, 2.75) is 13.3 Å². The molecule has 0 saturated carbocycles. The van der Waals surface area contributed by atoms with Gasteiger partial charge in [-0.15, -0.1) is 0 Å². The average Bonchev–Trinajstić information content (AvgIpc) is 3.14. The van der Waals surface area contributed by atoms with Crippen LogP contribution >= 0.6 is 0 Å². The van der Waals surface area contributed by atoms with Gasteiger partial charge in [0.05, 0.1) is 5.69 Å². The summed E-state index contributed by atoms with van der Waals surface area (Å²) in [5.41, 5.74) is 10.1. The zero-order valence-electron chi connectivity index (χ0n) is 15.8. The van der Waals surface area contributed by atoms with Gasteiger partial charge in [0, 0.05) is 42.0 Å². The number of aromatic amines is 2. The van der Waals surface area contributed by atoms with E-state index in [1.165, 1.54) is 5.56 Å². The third-order valence-electron chi connectivity index (χ3n) is 4.41. The Morgan fingerprint density at radius 2 is 1.83 bits per heavy atom. The number of nitrogen functional groups attached to an aromatic ring is 1. The molecule has 0 spiro atoms. The third-order valence-corrected chi connectivity index (χ3v) is 4.41. The molecule has 3 aromatic heterocycles. The van der Waals surface area contributed by atoms with Gasteiger partial charge in [0.1, 0.15) is 11.6 Å². The van der Waals surface area contributed by atoms with Gasteiger partial charge in [-0.3, -0.25) is 4.98 Å². The SMILES string of the molecule is Cc1ccc(-c2nc(NCCc3n[nH]c(=O)[nH]3)ncc2-c2ccc(N)nc2)cc1. The summed E-state index contributed by atoms with van der Waals surface area (Å²) in [6.45, 7) is 2.57. The summed E-state index contributed by atoms with van der Waals surface area (Å²) >= 11 is 0. The van der Waals surface area contributed by atoms with Crippen molar-refractivity contribution in [2.24, 2.45) is 0 Å². The molecule has 0 aliphatic heterocycles. The molecule has 0 fully saturated rings. The minimum atomic E-state index is -0.320. The Labute approximate surface area is 166 Å². The molecular formula is C20H20N8O. The highest BCUT2D eigenvalue weighted by atomic mass is 16.1. The number of benzene rings is 1. The van der Waals surface area contributed by atoms with E-state index in [4.69, 9.17) is 10.7 Å². The van der Waals surface area contributed by atoms with E-state index in [2.05, 4.69) is 30.5 Å². The predicted octanol–water partition coefficient (Wildman–Crippen LogP) is 2.16. The fourth-order valence-electron chi connectivity index (χ4n) is 2.89. The van der Waals surface area contributed by atoms with Gasteiger partial charge in [-0.25, -0.2) is 24.8 Å². The van der Waals surface area contributed by atoms with Crippen molar-refractivity contribution in [1.29, 1.82) is 0 Å². The van der Waals surface area contributed by atoms with E-state index in [0.717, 1.165) is 22.4 Å². The normalized spacial score (nSPS) is 10.8. The Kier molecular flexibility index (Phi) is 5.02. The number of rotatable bonds is 6. The van der Waals surface area contributed by atoms with Crippen molar-refractivity contribution < 1.29 is 0 Å². The van der Waals surface area contributed by atoms with Crippen LogP contribution in [0.25, 0.3) is 22.4 Å². The first-order valence-electron chi connectivity index (χ1n) is 9.12. The van der Waals surface area contributed by atoms with E-state index in [0.29, 0.717) is 30.6 Å². The highest BCUT2D eigenvalue weighted by Gasteiger charge is 2.12. The van der Waals surface area contributed by atoms with Crippen LogP contribution in [0.2, 0.25) is 0 Å². The lowest BCUT2D eigenvalue weighted by Gasteiger charge is -2.12.